The zero-order valence-corrected chi connectivity index (χ0v) is 10.3. The number of halogens is 2. The van der Waals surface area contributed by atoms with E-state index in [0.717, 1.165) is 5.56 Å². The summed E-state index contributed by atoms with van der Waals surface area (Å²) in [5, 5.41) is 9.44. The number of nitrogens with two attached hydrogens (primary N) is 1. The van der Waals surface area contributed by atoms with E-state index >= 15 is 0 Å². The van der Waals surface area contributed by atoms with Crippen molar-refractivity contribution >= 4 is 23.2 Å². The van der Waals surface area contributed by atoms with Crippen LogP contribution in [0.4, 0.5) is 0 Å². The second-order valence-corrected chi connectivity index (χ2v) is 4.16. The summed E-state index contributed by atoms with van der Waals surface area (Å²) < 4.78 is 5.18. The summed E-state index contributed by atoms with van der Waals surface area (Å²) in [6, 6.07) is 5.06. The third kappa shape index (κ3) is 3.02. The number of methoxy groups -OCH3 is 1. The van der Waals surface area contributed by atoms with E-state index in [1.165, 1.54) is 7.11 Å². The lowest BCUT2D eigenvalue weighted by atomic mass is 10.0. The fourth-order valence-electron chi connectivity index (χ4n) is 1.45. The lowest BCUT2D eigenvalue weighted by Crippen LogP contribution is -2.11. The van der Waals surface area contributed by atoms with Crippen molar-refractivity contribution in [1.29, 1.82) is 5.26 Å². The molecule has 0 amide bonds. The first kappa shape index (κ1) is 13.1. The highest BCUT2D eigenvalue weighted by Gasteiger charge is 2.15. The molecule has 2 N–H and O–H groups in total. The first-order chi connectivity index (χ1) is 7.60. The molecule has 0 saturated carbocycles. The number of nitriles is 1. The molecule has 0 aromatic heterocycles. The molecule has 1 unspecified atom stereocenters. The Labute approximate surface area is 105 Å². The van der Waals surface area contributed by atoms with Crippen molar-refractivity contribution in [3.8, 4) is 11.8 Å². The molecule has 1 aromatic rings. The highest BCUT2D eigenvalue weighted by atomic mass is 35.5. The predicted molar refractivity (Wildman–Crippen MR) is 64.8 cm³/mol. The summed E-state index contributed by atoms with van der Waals surface area (Å²) in [4.78, 5) is 0. The highest BCUT2D eigenvalue weighted by Crippen LogP contribution is 2.36. The molecule has 0 fully saturated rings. The molecule has 5 heteroatoms. The topological polar surface area (TPSA) is 59.0 Å². The fourth-order valence-corrected chi connectivity index (χ4v) is 2.03. The normalized spacial score (nSPS) is 11.9. The zero-order chi connectivity index (χ0) is 12.1. The first-order valence-corrected chi connectivity index (χ1v) is 5.51. The standard InChI is InChI=1S/C11H12Cl2N2O/c1-16-11-8(10(15)3-2-4-14)5-7(12)6-9(11)13/h5-6,10H,2-3,15H2,1H3. The molecule has 0 heterocycles. The number of ether oxygens (including phenoxy) is 1. The molecule has 0 aliphatic carbocycles. The van der Waals surface area contributed by atoms with Gasteiger partial charge in [-0.2, -0.15) is 5.26 Å². The molecular weight excluding hydrogens is 247 g/mol. The number of nitrogens with zero attached hydrogens (tertiary/aromatic N) is 1. The molecule has 0 aliphatic heterocycles. The summed E-state index contributed by atoms with van der Waals surface area (Å²) in [5.74, 6) is 0.525. The van der Waals surface area contributed by atoms with Crippen molar-refractivity contribution in [3.63, 3.8) is 0 Å². The Kier molecular flexibility index (Phi) is 4.88. The SMILES string of the molecule is COc1c(Cl)cc(Cl)cc1C(N)CCC#N. The summed E-state index contributed by atoms with van der Waals surface area (Å²) in [7, 11) is 1.52. The van der Waals surface area contributed by atoms with Crippen molar-refractivity contribution in [1.82, 2.24) is 0 Å². The van der Waals surface area contributed by atoms with Gasteiger partial charge in [-0.15, -0.1) is 0 Å². The fraction of sp³-hybridized carbons (Fsp3) is 0.364. The maximum Gasteiger partial charge on any atom is 0.142 e. The van der Waals surface area contributed by atoms with Gasteiger partial charge >= 0.3 is 0 Å². The average molecular weight is 259 g/mol. The van der Waals surface area contributed by atoms with E-state index in [1.807, 2.05) is 6.07 Å². The van der Waals surface area contributed by atoms with E-state index in [1.54, 1.807) is 12.1 Å². The van der Waals surface area contributed by atoms with E-state index in [-0.39, 0.29) is 6.04 Å². The molecule has 0 saturated heterocycles. The van der Waals surface area contributed by atoms with E-state index in [4.69, 9.17) is 38.9 Å². The number of hydrogen-bond acceptors (Lipinski definition) is 3. The van der Waals surface area contributed by atoms with Crippen LogP contribution in [0, 0.1) is 11.3 Å². The van der Waals surface area contributed by atoms with Crippen LogP contribution >= 0.6 is 23.2 Å². The van der Waals surface area contributed by atoms with Gasteiger partial charge in [-0.05, 0) is 18.6 Å². The largest absolute Gasteiger partial charge is 0.495 e. The Bertz CT molecular complexity index is 415. The summed E-state index contributed by atoms with van der Waals surface area (Å²) in [6.45, 7) is 0. The van der Waals surface area contributed by atoms with Crippen molar-refractivity contribution in [2.75, 3.05) is 7.11 Å². The van der Waals surface area contributed by atoms with Crippen molar-refractivity contribution in [3.05, 3.63) is 27.7 Å². The van der Waals surface area contributed by atoms with Gasteiger partial charge in [-0.1, -0.05) is 23.2 Å². The lowest BCUT2D eigenvalue weighted by molar-refractivity contribution is 0.404. The third-order valence-corrected chi connectivity index (χ3v) is 2.71. The molecule has 1 rings (SSSR count). The van der Waals surface area contributed by atoms with Gasteiger partial charge in [0, 0.05) is 23.0 Å². The van der Waals surface area contributed by atoms with Crippen LogP contribution in [-0.2, 0) is 0 Å². The highest BCUT2D eigenvalue weighted by molar-refractivity contribution is 6.35. The second-order valence-electron chi connectivity index (χ2n) is 3.31. The maximum absolute atomic E-state index is 8.51. The maximum atomic E-state index is 8.51. The Morgan fingerprint density at radius 2 is 2.19 bits per heavy atom. The Morgan fingerprint density at radius 3 is 2.75 bits per heavy atom. The van der Waals surface area contributed by atoms with E-state index in [0.29, 0.717) is 28.6 Å². The van der Waals surface area contributed by atoms with Crippen LogP contribution in [0.15, 0.2) is 12.1 Å². The molecule has 86 valence electrons. The van der Waals surface area contributed by atoms with Gasteiger partial charge in [0.15, 0.2) is 0 Å². The monoisotopic (exact) mass is 258 g/mol. The molecule has 0 aliphatic rings. The van der Waals surface area contributed by atoms with Crippen LogP contribution in [0.1, 0.15) is 24.4 Å². The van der Waals surface area contributed by atoms with Crippen LogP contribution in [-0.4, -0.2) is 7.11 Å². The van der Waals surface area contributed by atoms with Gasteiger partial charge in [0.1, 0.15) is 5.75 Å². The summed E-state index contributed by atoms with van der Waals surface area (Å²) in [5.41, 5.74) is 6.68. The molecule has 1 aromatic carbocycles. The lowest BCUT2D eigenvalue weighted by Gasteiger charge is -2.16. The smallest absolute Gasteiger partial charge is 0.142 e. The van der Waals surface area contributed by atoms with Crippen LogP contribution in [0.5, 0.6) is 5.75 Å². The number of benzene rings is 1. The Hall–Kier alpha value is -0.950. The van der Waals surface area contributed by atoms with Gasteiger partial charge in [0.05, 0.1) is 18.2 Å². The molecule has 3 nitrogen and oxygen atoms in total. The van der Waals surface area contributed by atoms with E-state index < -0.39 is 0 Å². The minimum absolute atomic E-state index is 0.300. The van der Waals surface area contributed by atoms with Gasteiger partial charge in [0.25, 0.3) is 0 Å². The summed E-state index contributed by atoms with van der Waals surface area (Å²) >= 11 is 11.9. The Morgan fingerprint density at radius 1 is 1.50 bits per heavy atom. The average Bonchev–Trinajstić information content (AvgIpc) is 2.24. The van der Waals surface area contributed by atoms with Gasteiger partial charge in [-0.3, -0.25) is 0 Å². The van der Waals surface area contributed by atoms with E-state index in [9.17, 15) is 0 Å². The second kappa shape index (κ2) is 5.95. The first-order valence-electron chi connectivity index (χ1n) is 4.75. The molecule has 16 heavy (non-hydrogen) atoms. The molecule has 0 bridgehead atoms. The number of rotatable bonds is 4. The van der Waals surface area contributed by atoms with Crippen molar-refractivity contribution in [2.24, 2.45) is 5.73 Å². The third-order valence-electron chi connectivity index (χ3n) is 2.21. The minimum atomic E-state index is -0.300. The molecule has 1 atom stereocenters. The van der Waals surface area contributed by atoms with Crippen molar-refractivity contribution < 1.29 is 4.74 Å². The summed E-state index contributed by atoms with van der Waals surface area (Å²) in [6.07, 6.45) is 0.929. The number of hydrogen-bond donors (Lipinski definition) is 1. The molecular formula is C11H12Cl2N2O. The Balaban J connectivity index is 3.06. The van der Waals surface area contributed by atoms with Crippen LogP contribution in [0.25, 0.3) is 0 Å². The van der Waals surface area contributed by atoms with E-state index in [2.05, 4.69) is 0 Å². The molecule has 0 spiro atoms. The minimum Gasteiger partial charge on any atom is -0.495 e. The quantitative estimate of drug-likeness (QED) is 0.902. The van der Waals surface area contributed by atoms with Crippen LogP contribution in [0.2, 0.25) is 10.0 Å². The van der Waals surface area contributed by atoms with Crippen LogP contribution < -0.4 is 10.5 Å². The van der Waals surface area contributed by atoms with Crippen molar-refractivity contribution in [2.45, 2.75) is 18.9 Å². The van der Waals surface area contributed by atoms with Gasteiger partial charge in [-0.25, -0.2) is 0 Å². The predicted octanol–water partition coefficient (Wildman–Crippen LogP) is 3.31. The van der Waals surface area contributed by atoms with Crippen LogP contribution in [0.3, 0.4) is 0 Å². The zero-order valence-electron chi connectivity index (χ0n) is 8.84. The molecule has 0 radical (unpaired) electrons. The van der Waals surface area contributed by atoms with Gasteiger partial charge < -0.3 is 10.5 Å². The van der Waals surface area contributed by atoms with Gasteiger partial charge in [0.2, 0.25) is 0 Å².